The van der Waals surface area contributed by atoms with Gasteiger partial charge in [0.25, 0.3) is 5.91 Å². The topological polar surface area (TPSA) is 58.6 Å². The largest absolute Gasteiger partial charge is 0.484 e. The predicted octanol–water partition coefficient (Wildman–Crippen LogP) is 5.92. The Labute approximate surface area is 207 Å². The molecule has 1 atom stereocenters. The van der Waals surface area contributed by atoms with Crippen LogP contribution in [-0.4, -0.2) is 35.4 Å². The minimum atomic E-state index is -0.703. The fourth-order valence-corrected chi connectivity index (χ4v) is 4.53. The molecule has 2 amide bonds. The van der Waals surface area contributed by atoms with Gasteiger partial charge in [-0.3, -0.25) is 9.59 Å². The lowest BCUT2D eigenvalue weighted by Gasteiger charge is -2.30. The molecule has 1 aliphatic rings. The van der Waals surface area contributed by atoms with Crippen LogP contribution in [0.4, 0.5) is 0 Å². The first-order valence-corrected chi connectivity index (χ1v) is 12.2. The number of benzene rings is 2. The standard InChI is InChI=1S/C24H27BrCl2N2O3/c1-15-12-18(10-11-20(15)25)32-14-23(30)29(13-19-21(26)8-5-9-22(19)27)16(2)24(31)28-17-6-3-4-7-17/h5,8-12,16-17H,3-4,6-7,13-14H2,1-2H3,(H,28,31)/t16-/m0/s1. The molecule has 0 radical (unpaired) electrons. The van der Waals surface area contributed by atoms with Crippen LogP contribution in [-0.2, 0) is 16.1 Å². The summed E-state index contributed by atoms with van der Waals surface area (Å²) < 4.78 is 6.70. The summed E-state index contributed by atoms with van der Waals surface area (Å²) in [6.07, 6.45) is 4.15. The van der Waals surface area contributed by atoms with E-state index in [1.807, 2.05) is 19.1 Å². The van der Waals surface area contributed by atoms with Crippen molar-refractivity contribution >= 4 is 50.9 Å². The van der Waals surface area contributed by atoms with Crippen molar-refractivity contribution in [1.82, 2.24) is 10.2 Å². The lowest BCUT2D eigenvalue weighted by atomic mass is 10.1. The van der Waals surface area contributed by atoms with Gasteiger partial charge < -0.3 is 15.0 Å². The number of nitrogens with zero attached hydrogens (tertiary/aromatic N) is 1. The molecule has 8 heteroatoms. The molecule has 0 heterocycles. The SMILES string of the molecule is Cc1cc(OCC(=O)N(Cc2c(Cl)cccc2Cl)[C@@H](C)C(=O)NC2CCCC2)ccc1Br. The quantitative estimate of drug-likeness (QED) is 0.451. The molecule has 172 valence electrons. The predicted molar refractivity (Wildman–Crippen MR) is 131 cm³/mol. The van der Waals surface area contributed by atoms with Crippen molar-refractivity contribution in [3.63, 3.8) is 0 Å². The number of aryl methyl sites for hydroxylation is 1. The monoisotopic (exact) mass is 540 g/mol. The van der Waals surface area contributed by atoms with Crippen LogP contribution in [0.1, 0.15) is 43.7 Å². The summed E-state index contributed by atoms with van der Waals surface area (Å²) in [6.45, 7) is 3.57. The van der Waals surface area contributed by atoms with Gasteiger partial charge in [-0.15, -0.1) is 0 Å². The number of carbonyl (C=O) groups is 2. The number of nitrogens with one attached hydrogen (secondary N) is 1. The highest BCUT2D eigenvalue weighted by atomic mass is 79.9. The summed E-state index contributed by atoms with van der Waals surface area (Å²) in [5, 5.41) is 3.97. The van der Waals surface area contributed by atoms with Crippen LogP contribution in [0.15, 0.2) is 40.9 Å². The molecule has 1 fully saturated rings. The Balaban J connectivity index is 1.77. The van der Waals surface area contributed by atoms with Gasteiger partial charge in [0.2, 0.25) is 5.91 Å². The number of hydrogen-bond donors (Lipinski definition) is 1. The first kappa shape index (κ1) is 24.9. The van der Waals surface area contributed by atoms with Gasteiger partial charge in [-0.05, 0) is 62.6 Å². The Bertz CT molecular complexity index is 959. The van der Waals surface area contributed by atoms with E-state index in [1.54, 1.807) is 31.2 Å². The second-order valence-electron chi connectivity index (χ2n) is 8.09. The van der Waals surface area contributed by atoms with Crippen LogP contribution in [0.3, 0.4) is 0 Å². The second kappa shape index (κ2) is 11.4. The number of hydrogen-bond acceptors (Lipinski definition) is 3. The summed E-state index contributed by atoms with van der Waals surface area (Å²) in [7, 11) is 0. The van der Waals surface area contributed by atoms with Gasteiger partial charge in [0.05, 0.1) is 0 Å². The average Bonchev–Trinajstić information content (AvgIpc) is 3.27. The first-order valence-electron chi connectivity index (χ1n) is 10.7. The number of rotatable bonds is 8. The normalized spacial score (nSPS) is 14.8. The molecule has 3 rings (SSSR count). The molecule has 0 spiro atoms. The zero-order chi connectivity index (χ0) is 23.3. The van der Waals surface area contributed by atoms with Crippen LogP contribution in [0.5, 0.6) is 5.75 Å². The maximum absolute atomic E-state index is 13.2. The Hall–Kier alpha value is -1.76. The summed E-state index contributed by atoms with van der Waals surface area (Å²) >= 11 is 16.1. The highest BCUT2D eigenvalue weighted by Crippen LogP contribution is 2.27. The van der Waals surface area contributed by atoms with E-state index < -0.39 is 6.04 Å². The molecule has 2 aromatic carbocycles. The van der Waals surface area contributed by atoms with Crippen molar-refractivity contribution < 1.29 is 14.3 Å². The molecule has 1 saturated carbocycles. The first-order chi connectivity index (χ1) is 15.3. The number of ether oxygens (including phenoxy) is 1. The average molecular weight is 542 g/mol. The van der Waals surface area contributed by atoms with E-state index in [0.717, 1.165) is 35.7 Å². The molecule has 0 aromatic heterocycles. The molecule has 0 unspecified atom stereocenters. The fourth-order valence-electron chi connectivity index (χ4n) is 3.76. The number of halogens is 3. The van der Waals surface area contributed by atoms with Gasteiger partial charge in [-0.1, -0.05) is 58.0 Å². The minimum Gasteiger partial charge on any atom is -0.484 e. The second-order valence-corrected chi connectivity index (χ2v) is 9.76. The van der Waals surface area contributed by atoms with Gasteiger partial charge >= 0.3 is 0 Å². The van der Waals surface area contributed by atoms with Crippen molar-refractivity contribution in [2.45, 2.75) is 58.2 Å². The van der Waals surface area contributed by atoms with Crippen molar-refractivity contribution in [1.29, 1.82) is 0 Å². The Morgan fingerprint density at radius 1 is 1.19 bits per heavy atom. The van der Waals surface area contributed by atoms with Crippen LogP contribution >= 0.6 is 39.1 Å². The molecule has 1 aliphatic carbocycles. The maximum Gasteiger partial charge on any atom is 0.261 e. The highest BCUT2D eigenvalue weighted by molar-refractivity contribution is 9.10. The Kier molecular flexibility index (Phi) is 8.86. The van der Waals surface area contributed by atoms with E-state index in [0.29, 0.717) is 21.4 Å². The van der Waals surface area contributed by atoms with Crippen LogP contribution in [0, 0.1) is 6.92 Å². The van der Waals surface area contributed by atoms with Gasteiger partial charge in [-0.2, -0.15) is 0 Å². The van der Waals surface area contributed by atoms with Crippen molar-refractivity contribution in [2.24, 2.45) is 0 Å². The summed E-state index contributed by atoms with van der Waals surface area (Å²) in [4.78, 5) is 27.6. The lowest BCUT2D eigenvalue weighted by Crippen LogP contribution is -2.50. The summed E-state index contributed by atoms with van der Waals surface area (Å²) in [6, 6.07) is 10.1. The third kappa shape index (κ3) is 6.40. The fraction of sp³-hybridized carbons (Fsp3) is 0.417. The summed E-state index contributed by atoms with van der Waals surface area (Å²) in [5.41, 5.74) is 1.60. The zero-order valence-corrected chi connectivity index (χ0v) is 21.3. The van der Waals surface area contributed by atoms with E-state index in [-0.39, 0.29) is 31.0 Å². The Morgan fingerprint density at radius 3 is 2.47 bits per heavy atom. The van der Waals surface area contributed by atoms with Crippen LogP contribution in [0.2, 0.25) is 10.0 Å². The molecule has 0 aliphatic heterocycles. The lowest BCUT2D eigenvalue weighted by molar-refractivity contribution is -0.142. The van der Waals surface area contributed by atoms with E-state index in [9.17, 15) is 9.59 Å². The molecular formula is C24H27BrCl2N2O3. The molecule has 5 nitrogen and oxygen atoms in total. The molecule has 0 saturated heterocycles. The molecule has 1 N–H and O–H groups in total. The van der Waals surface area contributed by atoms with E-state index in [4.69, 9.17) is 27.9 Å². The molecule has 32 heavy (non-hydrogen) atoms. The third-order valence-corrected chi connectivity index (χ3v) is 7.35. The van der Waals surface area contributed by atoms with Crippen molar-refractivity contribution in [2.75, 3.05) is 6.61 Å². The van der Waals surface area contributed by atoms with Crippen LogP contribution < -0.4 is 10.1 Å². The van der Waals surface area contributed by atoms with Crippen molar-refractivity contribution in [3.8, 4) is 5.75 Å². The van der Waals surface area contributed by atoms with Crippen LogP contribution in [0.25, 0.3) is 0 Å². The minimum absolute atomic E-state index is 0.110. The molecule has 2 aromatic rings. The Morgan fingerprint density at radius 2 is 1.84 bits per heavy atom. The third-order valence-electron chi connectivity index (χ3n) is 5.75. The summed E-state index contributed by atoms with van der Waals surface area (Å²) in [5.74, 6) is 0.0707. The maximum atomic E-state index is 13.2. The van der Waals surface area contributed by atoms with Crippen molar-refractivity contribution in [3.05, 3.63) is 62.0 Å². The zero-order valence-electron chi connectivity index (χ0n) is 18.2. The van der Waals surface area contributed by atoms with Gasteiger partial charge in [0.15, 0.2) is 6.61 Å². The molecular weight excluding hydrogens is 515 g/mol. The number of amides is 2. The smallest absolute Gasteiger partial charge is 0.261 e. The van der Waals surface area contributed by atoms with E-state index in [2.05, 4.69) is 21.2 Å². The van der Waals surface area contributed by atoms with E-state index in [1.165, 1.54) is 4.90 Å². The van der Waals surface area contributed by atoms with Gasteiger partial charge in [0, 0.05) is 32.7 Å². The highest BCUT2D eigenvalue weighted by Gasteiger charge is 2.29. The van der Waals surface area contributed by atoms with Gasteiger partial charge in [-0.25, -0.2) is 0 Å². The van der Waals surface area contributed by atoms with Gasteiger partial charge in [0.1, 0.15) is 11.8 Å². The number of carbonyl (C=O) groups excluding carboxylic acids is 2. The molecule has 0 bridgehead atoms. The van der Waals surface area contributed by atoms with E-state index >= 15 is 0 Å².